The van der Waals surface area contributed by atoms with Gasteiger partial charge in [-0.1, -0.05) is 47.5 Å². The lowest BCUT2D eigenvalue weighted by atomic mass is 9.89. The van der Waals surface area contributed by atoms with Crippen molar-refractivity contribution in [2.24, 2.45) is 5.73 Å². The third kappa shape index (κ3) is 4.11. The summed E-state index contributed by atoms with van der Waals surface area (Å²) in [5.41, 5.74) is 8.60. The number of benzene rings is 2. The summed E-state index contributed by atoms with van der Waals surface area (Å²) in [5.74, 6) is -0.418. The van der Waals surface area contributed by atoms with E-state index < -0.39 is 16.7 Å². The molecular weight excluding hydrogens is 430 g/mol. The van der Waals surface area contributed by atoms with Crippen molar-refractivity contribution in [2.45, 2.75) is 17.7 Å². The topological polar surface area (TPSA) is 89.0 Å². The highest BCUT2D eigenvalue weighted by Gasteiger charge is 2.37. The number of aromatic nitrogens is 1. The summed E-state index contributed by atoms with van der Waals surface area (Å²) in [6, 6.07) is 21.9. The lowest BCUT2D eigenvalue weighted by Crippen LogP contribution is -2.23. The van der Waals surface area contributed by atoms with Crippen molar-refractivity contribution in [3.05, 3.63) is 111 Å². The molecule has 154 valence electrons. The standard InChI is InChI=1S/C24H18ClN3O2S/c1-15-5-11-18(12-6-15)31(29)23-21(16-7-9-17(25)10-8-16)19(14-26)24(27)30-22(23)20-4-2-3-13-28-20/h2-13,21H,27H2,1H3/t21-,31+/m0/s1. The fraction of sp³-hybridized carbons (Fsp3) is 0.0833. The first-order valence-corrected chi connectivity index (χ1v) is 11.0. The SMILES string of the molecule is Cc1ccc([S@@](=O)C2=C(c3ccccn3)OC(N)=C(C#N)[C@@H]2c2ccc(Cl)cc2)cc1. The van der Waals surface area contributed by atoms with Gasteiger partial charge in [-0.2, -0.15) is 5.26 Å². The van der Waals surface area contributed by atoms with E-state index >= 15 is 0 Å². The number of halogens is 1. The Morgan fingerprint density at radius 3 is 2.42 bits per heavy atom. The van der Waals surface area contributed by atoms with Gasteiger partial charge in [-0.05, 0) is 48.9 Å². The fourth-order valence-corrected chi connectivity index (χ4v) is 4.91. The lowest BCUT2D eigenvalue weighted by Gasteiger charge is -2.28. The van der Waals surface area contributed by atoms with Crippen LogP contribution >= 0.6 is 11.6 Å². The van der Waals surface area contributed by atoms with E-state index in [-0.39, 0.29) is 17.2 Å². The summed E-state index contributed by atoms with van der Waals surface area (Å²) in [6.07, 6.45) is 1.62. The minimum absolute atomic E-state index is 0.0345. The number of nitrogens with two attached hydrogens (primary N) is 1. The predicted molar refractivity (Wildman–Crippen MR) is 121 cm³/mol. The van der Waals surface area contributed by atoms with Crippen LogP contribution in [0.15, 0.2) is 94.2 Å². The van der Waals surface area contributed by atoms with Gasteiger partial charge in [0.05, 0.1) is 21.6 Å². The number of pyridine rings is 1. The van der Waals surface area contributed by atoms with Crippen molar-refractivity contribution in [1.29, 1.82) is 5.26 Å². The first kappa shape index (κ1) is 20.9. The molecule has 0 unspecified atom stereocenters. The molecule has 0 bridgehead atoms. The lowest BCUT2D eigenvalue weighted by molar-refractivity contribution is 0.357. The number of aryl methyl sites for hydroxylation is 1. The Bertz CT molecular complexity index is 1240. The van der Waals surface area contributed by atoms with Gasteiger partial charge in [0.2, 0.25) is 5.88 Å². The minimum atomic E-state index is -1.64. The predicted octanol–water partition coefficient (Wildman–Crippen LogP) is 5.03. The maximum absolute atomic E-state index is 13.9. The fourth-order valence-electron chi connectivity index (χ4n) is 3.37. The first-order valence-electron chi connectivity index (χ1n) is 9.46. The molecule has 0 aliphatic carbocycles. The van der Waals surface area contributed by atoms with Crippen LogP contribution in [-0.4, -0.2) is 9.19 Å². The first-order chi connectivity index (χ1) is 15.0. The van der Waals surface area contributed by atoms with Crippen molar-refractivity contribution in [1.82, 2.24) is 4.98 Å². The molecule has 2 heterocycles. The molecule has 1 aromatic heterocycles. The molecule has 1 aliphatic rings. The zero-order valence-electron chi connectivity index (χ0n) is 16.6. The molecule has 7 heteroatoms. The molecule has 0 spiro atoms. The quantitative estimate of drug-likeness (QED) is 0.606. The minimum Gasteiger partial charge on any atom is -0.437 e. The summed E-state index contributed by atoms with van der Waals surface area (Å²) >= 11 is 6.08. The molecule has 0 saturated carbocycles. The maximum Gasteiger partial charge on any atom is 0.205 e. The van der Waals surface area contributed by atoms with E-state index in [0.29, 0.717) is 20.5 Å². The number of ether oxygens (including phenoxy) is 1. The molecule has 3 aromatic rings. The molecule has 1 aliphatic heterocycles. The van der Waals surface area contributed by atoms with Crippen LogP contribution in [0.1, 0.15) is 22.7 Å². The second-order valence-electron chi connectivity index (χ2n) is 6.97. The van der Waals surface area contributed by atoms with Crippen molar-refractivity contribution < 1.29 is 8.95 Å². The van der Waals surface area contributed by atoms with Gasteiger partial charge in [0.25, 0.3) is 0 Å². The van der Waals surface area contributed by atoms with Gasteiger partial charge in [-0.15, -0.1) is 0 Å². The molecule has 0 radical (unpaired) electrons. The highest BCUT2D eigenvalue weighted by molar-refractivity contribution is 7.89. The molecular formula is C24H18ClN3O2S. The average Bonchev–Trinajstić information content (AvgIpc) is 2.79. The maximum atomic E-state index is 13.9. The molecule has 0 amide bonds. The van der Waals surface area contributed by atoms with E-state index in [1.54, 1.807) is 54.7 Å². The van der Waals surface area contributed by atoms with Crippen LogP contribution in [0.4, 0.5) is 0 Å². The van der Waals surface area contributed by atoms with Gasteiger partial charge in [-0.3, -0.25) is 4.98 Å². The van der Waals surface area contributed by atoms with Crippen LogP contribution in [0.25, 0.3) is 5.76 Å². The molecule has 2 N–H and O–H groups in total. The second-order valence-corrected chi connectivity index (χ2v) is 8.85. The molecule has 31 heavy (non-hydrogen) atoms. The van der Waals surface area contributed by atoms with Crippen LogP contribution in [0.5, 0.6) is 0 Å². The van der Waals surface area contributed by atoms with Crippen molar-refractivity contribution >= 4 is 28.2 Å². The molecule has 5 nitrogen and oxygen atoms in total. The smallest absolute Gasteiger partial charge is 0.205 e. The number of rotatable bonds is 4. The number of allylic oxidation sites excluding steroid dienone is 2. The van der Waals surface area contributed by atoms with Gasteiger partial charge < -0.3 is 10.5 Å². The van der Waals surface area contributed by atoms with E-state index in [2.05, 4.69) is 11.1 Å². The molecule has 2 atom stereocenters. The van der Waals surface area contributed by atoms with E-state index in [9.17, 15) is 9.47 Å². The van der Waals surface area contributed by atoms with Crippen molar-refractivity contribution in [2.75, 3.05) is 0 Å². The van der Waals surface area contributed by atoms with Crippen LogP contribution in [-0.2, 0) is 15.5 Å². The molecule has 2 aromatic carbocycles. The Kier molecular flexibility index (Phi) is 5.90. The van der Waals surface area contributed by atoms with Crippen LogP contribution in [0.2, 0.25) is 5.02 Å². The van der Waals surface area contributed by atoms with Gasteiger partial charge in [0.15, 0.2) is 5.76 Å². The second kappa shape index (κ2) is 8.76. The molecule has 4 rings (SSSR count). The Balaban J connectivity index is 1.99. The highest BCUT2D eigenvalue weighted by Crippen LogP contribution is 2.44. The Morgan fingerprint density at radius 2 is 1.81 bits per heavy atom. The number of nitrogens with zero attached hydrogens (tertiary/aromatic N) is 2. The summed E-state index contributed by atoms with van der Waals surface area (Å²) in [6.45, 7) is 1.96. The Morgan fingerprint density at radius 1 is 1.10 bits per heavy atom. The largest absolute Gasteiger partial charge is 0.437 e. The Hall–Kier alpha value is -3.40. The summed E-state index contributed by atoms with van der Waals surface area (Å²) in [5, 5.41) is 10.4. The third-order valence-corrected chi connectivity index (χ3v) is 6.68. The number of nitriles is 1. The normalized spacial score (nSPS) is 17.1. The van der Waals surface area contributed by atoms with Crippen LogP contribution in [0, 0.1) is 18.3 Å². The summed E-state index contributed by atoms with van der Waals surface area (Å²) < 4.78 is 19.7. The van der Waals surface area contributed by atoms with E-state index in [4.69, 9.17) is 22.1 Å². The number of hydrogen-bond donors (Lipinski definition) is 1. The average molecular weight is 448 g/mol. The van der Waals surface area contributed by atoms with Gasteiger partial charge in [0, 0.05) is 16.1 Å². The van der Waals surface area contributed by atoms with E-state index in [0.717, 1.165) is 11.1 Å². The van der Waals surface area contributed by atoms with Gasteiger partial charge in [0.1, 0.15) is 17.3 Å². The summed E-state index contributed by atoms with van der Waals surface area (Å²) in [4.78, 5) is 5.38. The molecule has 0 saturated heterocycles. The number of hydrogen-bond acceptors (Lipinski definition) is 5. The van der Waals surface area contributed by atoms with Crippen molar-refractivity contribution in [3.8, 4) is 6.07 Å². The van der Waals surface area contributed by atoms with E-state index in [1.165, 1.54) is 0 Å². The summed E-state index contributed by atoms with van der Waals surface area (Å²) in [7, 11) is -1.64. The third-order valence-electron chi connectivity index (χ3n) is 4.91. The highest BCUT2D eigenvalue weighted by atomic mass is 35.5. The zero-order chi connectivity index (χ0) is 22.0. The van der Waals surface area contributed by atoms with Crippen LogP contribution in [0.3, 0.4) is 0 Å². The van der Waals surface area contributed by atoms with Gasteiger partial charge in [-0.25, -0.2) is 4.21 Å². The van der Waals surface area contributed by atoms with E-state index in [1.807, 2.05) is 25.1 Å². The van der Waals surface area contributed by atoms with Crippen molar-refractivity contribution in [3.63, 3.8) is 0 Å². The molecule has 0 fully saturated rings. The monoisotopic (exact) mass is 447 g/mol. The van der Waals surface area contributed by atoms with Crippen LogP contribution < -0.4 is 5.73 Å². The van der Waals surface area contributed by atoms with Gasteiger partial charge >= 0.3 is 0 Å². The Labute approximate surface area is 187 Å². The zero-order valence-corrected chi connectivity index (χ0v) is 18.2.